The van der Waals surface area contributed by atoms with Crippen molar-refractivity contribution in [2.75, 3.05) is 0 Å². The first-order chi connectivity index (χ1) is 5.27. The number of benzene rings is 1. The summed E-state index contributed by atoms with van der Waals surface area (Å²) in [7, 11) is 0. The fourth-order valence-corrected chi connectivity index (χ4v) is 1.14. The largest absolute Gasteiger partial charge is 0.411 e. The summed E-state index contributed by atoms with van der Waals surface area (Å²) in [6, 6.07) is 5.77. The van der Waals surface area contributed by atoms with Crippen LogP contribution in [0.1, 0.15) is 5.56 Å². The molecule has 1 aromatic heterocycles. The molecule has 1 aromatic carbocycles. The minimum atomic E-state index is 0.746. The Hall–Kier alpha value is -1.51. The zero-order valence-corrected chi connectivity index (χ0v) is 6.15. The van der Waals surface area contributed by atoms with Crippen LogP contribution < -0.4 is 0 Å². The van der Waals surface area contributed by atoms with Crippen molar-refractivity contribution in [1.29, 1.82) is 0 Å². The van der Waals surface area contributed by atoms with Crippen LogP contribution in [0.5, 0.6) is 0 Å². The second-order valence-electron chi connectivity index (χ2n) is 2.60. The first-order valence-corrected chi connectivity index (χ1v) is 3.41. The van der Waals surface area contributed by atoms with Crippen LogP contribution in [0.25, 0.3) is 10.9 Å². The zero-order valence-electron chi connectivity index (χ0n) is 6.15. The standard InChI is InChI=1S/C8H8N2O/c1-6-2-3-8-7(4-6)5-9-10(8)11/h2-5,11H,1H3. The lowest BCUT2D eigenvalue weighted by Gasteiger charge is -1.92. The number of hydrogen-bond acceptors (Lipinski definition) is 2. The van der Waals surface area contributed by atoms with Gasteiger partial charge in [0.1, 0.15) is 5.52 Å². The average molecular weight is 148 g/mol. The summed E-state index contributed by atoms with van der Waals surface area (Å²) in [5, 5.41) is 13.8. The van der Waals surface area contributed by atoms with Gasteiger partial charge in [-0.1, -0.05) is 11.6 Å². The van der Waals surface area contributed by atoms with Crippen molar-refractivity contribution in [2.45, 2.75) is 6.92 Å². The van der Waals surface area contributed by atoms with Gasteiger partial charge in [0, 0.05) is 5.39 Å². The molecule has 3 nitrogen and oxygen atoms in total. The van der Waals surface area contributed by atoms with E-state index in [0.717, 1.165) is 15.7 Å². The maximum absolute atomic E-state index is 9.11. The lowest BCUT2D eigenvalue weighted by molar-refractivity contribution is 0.161. The monoisotopic (exact) mass is 148 g/mol. The SMILES string of the molecule is Cc1ccc2c(cnn2O)c1. The van der Waals surface area contributed by atoms with E-state index in [0.29, 0.717) is 0 Å². The van der Waals surface area contributed by atoms with E-state index in [-0.39, 0.29) is 0 Å². The van der Waals surface area contributed by atoms with Crippen molar-refractivity contribution in [3.8, 4) is 0 Å². The van der Waals surface area contributed by atoms with Gasteiger partial charge >= 0.3 is 0 Å². The molecule has 0 spiro atoms. The van der Waals surface area contributed by atoms with Crippen molar-refractivity contribution in [2.24, 2.45) is 0 Å². The molecule has 0 saturated heterocycles. The Bertz CT molecular complexity index is 392. The summed E-state index contributed by atoms with van der Waals surface area (Å²) < 4.78 is 0. The molecule has 0 saturated carbocycles. The van der Waals surface area contributed by atoms with Gasteiger partial charge in [-0.2, -0.15) is 0 Å². The van der Waals surface area contributed by atoms with Crippen LogP contribution in [0.3, 0.4) is 0 Å². The highest BCUT2D eigenvalue weighted by atomic mass is 16.5. The molecular weight excluding hydrogens is 140 g/mol. The minimum Gasteiger partial charge on any atom is -0.411 e. The molecule has 1 N–H and O–H groups in total. The van der Waals surface area contributed by atoms with Gasteiger partial charge in [-0.25, -0.2) is 0 Å². The predicted octanol–water partition coefficient (Wildman–Crippen LogP) is 1.58. The Labute approximate surface area is 63.8 Å². The summed E-state index contributed by atoms with van der Waals surface area (Å²) >= 11 is 0. The third-order valence-electron chi connectivity index (χ3n) is 1.70. The highest BCUT2D eigenvalue weighted by Gasteiger charge is 1.98. The molecule has 0 amide bonds. The van der Waals surface area contributed by atoms with Gasteiger partial charge < -0.3 is 5.21 Å². The fraction of sp³-hybridized carbons (Fsp3) is 0.125. The van der Waals surface area contributed by atoms with E-state index in [9.17, 15) is 0 Å². The molecule has 56 valence electrons. The summed E-state index contributed by atoms with van der Waals surface area (Å²) in [6.07, 6.45) is 1.64. The molecule has 0 radical (unpaired) electrons. The molecule has 1 heterocycles. The third-order valence-corrected chi connectivity index (χ3v) is 1.70. The molecule has 2 rings (SSSR count). The van der Waals surface area contributed by atoms with Crippen molar-refractivity contribution in [1.82, 2.24) is 9.94 Å². The maximum Gasteiger partial charge on any atom is 0.110 e. The summed E-state index contributed by atoms with van der Waals surface area (Å²) in [6.45, 7) is 2.01. The molecular formula is C8H8N2O. The molecule has 0 unspecified atom stereocenters. The van der Waals surface area contributed by atoms with Crippen LogP contribution >= 0.6 is 0 Å². The third kappa shape index (κ3) is 0.852. The Morgan fingerprint density at radius 1 is 1.45 bits per heavy atom. The summed E-state index contributed by atoms with van der Waals surface area (Å²) in [5.74, 6) is 0. The number of hydrogen-bond donors (Lipinski definition) is 1. The van der Waals surface area contributed by atoms with Crippen molar-refractivity contribution < 1.29 is 5.21 Å². The molecule has 11 heavy (non-hydrogen) atoms. The molecule has 0 aliphatic heterocycles. The average Bonchev–Trinajstić information content (AvgIpc) is 2.32. The Kier molecular flexibility index (Phi) is 1.12. The van der Waals surface area contributed by atoms with E-state index in [1.807, 2.05) is 25.1 Å². The van der Waals surface area contributed by atoms with Gasteiger partial charge in [-0.15, -0.1) is 9.94 Å². The number of nitrogens with zero attached hydrogens (tertiary/aromatic N) is 2. The van der Waals surface area contributed by atoms with Gasteiger partial charge in [0.25, 0.3) is 0 Å². The van der Waals surface area contributed by atoms with Crippen LogP contribution in [0, 0.1) is 6.92 Å². The maximum atomic E-state index is 9.11. The first kappa shape index (κ1) is 6.22. The van der Waals surface area contributed by atoms with E-state index >= 15 is 0 Å². The van der Waals surface area contributed by atoms with Gasteiger partial charge in [0.05, 0.1) is 6.20 Å². The Balaban J connectivity index is 2.86. The van der Waals surface area contributed by atoms with E-state index in [1.54, 1.807) is 6.20 Å². The van der Waals surface area contributed by atoms with E-state index in [2.05, 4.69) is 5.10 Å². The molecule has 3 heteroatoms. The second kappa shape index (κ2) is 1.99. The highest BCUT2D eigenvalue weighted by molar-refractivity contribution is 5.78. The highest BCUT2D eigenvalue weighted by Crippen LogP contribution is 2.13. The molecule has 2 aromatic rings. The zero-order chi connectivity index (χ0) is 7.84. The van der Waals surface area contributed by atoms with Gasteiger partial charge in [0.2, 0.25) is 0 Å². The van der Waals surface area contributed by atoms with Crippen LogP contribution in [-0.2, 0) is 0 Å². The van der Waals surface area contributed by atoms with Crippen LogP contribution in [0.2, 0.25) is 0 Å². The van der Waals surface area contributed by atoms with Crippen LogP contribution in [0.15, 0.2) is 24.4 Å². The number of aryl methyl sites for hydroxylation is 1. The van der Waals surface area contributed by atoms with Gasteiger partial charge in [-0.3, -0.25) is 0 Å². The van der Waals surface area contributed by atoms with Crippen LogP contribution in [0.4, 0.5) is 0 Å². The number of fused-ring (bicyclic) bond motifs is 1. The lowest BCUT2D eigenvalue weighted by Crippen LogP contribution is -1.90. The second-order valence-corrected chi connectivity index (χ2v) is 2.60. The van der Waals surface area contributed by atoms with Gasteiger partial charge in [0.15, 0.2) is 0 Å². The van der Waals surface area contributed by atoms with Gasteiger partial charge in [-0.05, 0) is 19.1 Å². The predicted molar refractivity (Wildman–Crippen MR) is 41.7 cm³/mol. The summed E-state index contributed by atoms with van der Waals surface area (Å²) in [5.41, 5.74) is 1.92. The Morgan fingerprint density at radius 3 is 3.09 bits per heavy atom. The number of aromatic nitrogens is 2. The first-order valence-electron chi connectivity index (χ1n) is 3.41. The van der Waals surface area contributed by atoms with Crippen molar-refractivity contribution in [3.05, 3.63) is 30.0 Å². The topological polar surface area (TPSA) is 38.0 Å². The minimum absolute atomic E-state index is 0.746. The Morgan fingerprint density at radius 2 is 2.27 bits per heavy atom. The smallest absolute Gasteiger partial charge is 0.110 e. The van der Waals surface area contributed by atoms with Crippen molar-refractivity contribution >= 4 is 10.9 Å². The normalized spacial score (nSPS) is 10.6. The molecule has 0 fully saturated rings. The molecule has 0 bridgehead atoms. The molecule has 0 aliphatic rings. The van der Waals surface area contributed by atoms with E-state index < -0.39 is 0 Å². The quantitative estimate of drug-likeness (QED) is 0.576. The van der Waals surface area contributed by atoms with Crippen LogP contribution in [-0.4, -0.2) is 15.2 Å². The van der Waals surface area contributed by atoms with E-state index in [4.69, 9.17) is 5.21 Å². The fourth-order valence-electron chi connectivity index (χ4n) is 1.14. The van der Waals surface area contributed by atoms with Crippen molar-refractivity contribution in [3.63, 3.8) is 0 Å². The summed E-state index contributed by atoms with van der Waals surface area (Å²) in [4.78, 5) is 0.884. The lowest BCUT2D eigenvalue weighted by atomic mass is 10.2. The molecule has 0 aliphatic carbocycles. The number of rotatable bonds is 0. The van der Waals surface area contributed by atoms with E-state index in [1.165, 1.54) is 5.56 Å². The molecule has 0 atom stereocenters.